The van der Waals surface area contributed by atoms with Crippen LogP contribution in [0.25, 0.3) is 11.0 Å². The van der Waals surface area contributed by atoms with E-state index in [-0.39, 0.29) is 5.82 Å². The van der Waals surface area contributed by atoms with Gasteiger partial charge in [-0.1, -0.05) is 13.0 Å². The molecular weight excluding hydrogens is 191 g/mol. The lowest BCUT2D eigenvalue weighted by Gasteiger charge is -2.04. The molecule has 0 amide bonds. The fourth-order valence-electron chi connectivity index (χ4n) is 2.05. The van der Waals surface area contributed by atoms with E-state index in [9.17, 15) is 4.39 Å². The van der Waals surface area contributed by atoms with E-state index in [0.29, 0.717) is 11.4 Å². The normalized spacial score (nSPS) is 18.3. The Kier molecular flexibility index (Phi) is 1.81. The molecule has 78 valence electrons. The van der Waals surface area contributed by atoms with Crippen LogP contribution in [0.15, 0.2) is 18.2 Å². The van der Waals surface area contributed by atoms with Gasteiger partial charge in [0.2, 0.25) is 0 Å². The number of aromatic amines is 1. The Morgan fingerprint density at radius 2 is 2.27 bits per heavy atom. The predicted molar refractivity (Wildman–Crippen MR) is 57.2 cm³/mol. The number of para-hydroxylation sites is 1. The average Bonchev–Trinajstić information content (AvgIpc) is 2.97. The molecule has 1 unspecified atom stereocenters. The fourth-order valence-corrected chi connectivity index (χ4v) is 2.05. The summed E-state index contributed by atoms with van der Waals surface area (Å²) in [6.07, 6.45) is 2.56. The topological polar surface area (TPSA) is 28.7 Å². The van der Waals surface area contributed by atoms with Crippen LogP contribution in [0.2, 0.25) is 0 Å². The van der Waals surface area contributed by atoms with Crippen LogP contribution in [-0.2, 0) is 0 Å². The Bertz CT molecular complexity index is 499. The van der Waals surface area contributed by atoms with Crippen LogP contribution in [0, 0.1) is 11.7 Å². The maximum Gasteiger partial charge on any atom is 0.151 e. The van der Waals surface area contributed by atoms with Crippen molar-refractivity contribution in [3.05, 3.63) is 29.8 Å². The number of benzene rings is 1. The largest absolute Gasteiger partial charge is 0.342 e. The van der Waals surface area contributed by atoms with Crippen molar-refractivity contribution in [2.24, 2.45) is 5.92 Å². The Labute approximate surface area is 87.5 Å². The number of hydrogen-bond acceptors (Lipinski definition) is 1. The third-order valence-electron chi connectivity index (χ3n) is 3.24. The molecule has 1 N–H and O–H groups in total. The van der Waals surface area contributed by atoms with Crippen molar-refractivity contribution in [3.63, 3.8) is 0 Å². The minimum absolute atomic E-state index is 0.238. The molecule has 0 bridgehead atoms. The monoisotopic (exact) mass is 204 g/mol. The van der Waals surface area contributed by atoms with Crippen LogP contribution < -0.4 is 0 Å². The molecule has 0 aliphatic heterocycles. The maximum atomic E-state index is 13.4. The highest BCUT2D eigenvalue weighted by molar-refractivity contribution is 5.75. The van der Waals surface area contributed by atoms with E-state index in [1.165, 1.54) is 18.9 Å². The number of fused-ring (bicyclic) bond motifs is 1. The molecule has 1 aliphatic rings. The summed E-state index contributed by atoms with van der Waals surface area (Å²) in [6, 6.07) is 5.03. The zero-order valence-corrected chi connectivity index (χ0v) is 8.63. The van der Waals surface area contributed by atoms with Crippen molar-refractivity contribution < 1.29 is 4.39 Å². The highest BCUT2D eigenvalue weighted by Gasteiger charge is 2.30. The smallest absolute Gasteiger partial charge is 0.151 e. The number of aromatic nitrogens is 2. The van der Waals surface area contributed by atoms with Gasteiger partial charge in [0.25, 0.3) is 0 Å². The van der Waals surface area contributed by atoms with Crippen molar-refractivity contribution >= 4 is 11.0 Å². The molecule has 0 spiro atoms. The van der Waals surface area contributed by atoms with E-state index in [0.717, 1.165) is 17.3 Å². The van der Waals surface area contributed by atoms with Gasteiger partial charge in [-0.2, -0.15) is 0 Å². The van der Waals surface area contributed by atoms with Gasteiger partial charge in [0, 0.05) is 5.92 Å². The van der Waals surface area contributed by atoms with Crippen molar-refractivity contribution in [2.75, 3.05) is 0 Å². The van der Waals surface area contributed by atoms with Crippen molar-refractivity contribution in [1.82, 2.24) is 9.97 Å². The van der Waals surface area contributed by atoms with Crippen LogP contribution in [0.1, 0.15) is 31.5 Å². The number of rotatable bonds is 2. The standard InChI is InChI=1S/C12H13FN2/c1-7(8-5-6-8)12-14-10-4-2-3-9(13)11(10)15-12/h2-4,7-8H,5-6H2,1H3,(H,14,15). The highest BCUT2D eigenvalue weighted by Crippen LogP contribution is 2.41. The lowest BCUT2D eigenvalue weighted by molar-refractivity contribution is 0.623. The summed E-state index contributed by atoms with van der Waals surface area (Å²) in [5.74, 6) is 1.86. The first kappa shape index (κ1) is 8.89. The Morgan fingerprint density at radius 1 is 1.47 bits per heavy atom. The van der Waals surface area contributed by atoms with E-state index in [4.69, 9.17) is 0 Å². The lowest BCUT2D eigenvalue weighted by atomic mass is 10.1. The second-order valence-electron chi connectivity index (χ2n) is 4.38. The summed E-state index contributed by atoms with van der Waals surface area (Å²) in [4.78, 5) is 7.55. The number of hydrogen-bond donors (Lipinski definition) is 1. The van der Waals surface area contributed by atoms with Crippen LogP contribution in [0.5, 0.6) is 0 Å². The molecule has 1 saturated carbocycles. The molecular formula is C12H13FN2. The van der Waals surface area contributed by atoms with Crippen molar-refractivity contribution in [1.29, 1.82) is 0 Å². The summed E-state index contributed by atoms with van der Waals surface area (Å²) >= 11 is 0. The summed E-state index contributed by atoms with van der Waals surface area (Å²) < 4.78 is 13.4. The molecule has 1 aliphatic carbocycles. The predicted octanol–water partition coefficient (Wildman–Crippen LogP) is 3.22. The minimum Gasteiger partial charge on any atom is -0.342 e. The minimum atomic E-state index is -0.238. The van der Waals surface area contributed by atoms with Crippen LogP contribution in [0.4, 0.5) is 4.39 Å². The van der Waals surface area contributed by atoms with Gasteiger partial charge in [0.15, 0.2) is 5.82 Å². The lowest BCUT2D eigenvalue weighted by Crippen LogP contribution is -1.97. The SMILES string of the molecule is CC(c1nc2c(F)cccc2[nH]1)C1CC1. The third-order valence-corrected chi connectivity index (χ3v) is 3.24. The van der Waals surface area contributed by atoms with Gasteiger partial charge in [-0.05, 0) is 30.9 Å². The van der Waals surface area contributed by atoms with Gasteiger partial charge in [0.05, 0.1) is 5.52 Å². The van der Waals surface area contributed by atoms with Gasteiger partial charge in [-0.3, -0.25) is 0 Å². The van der Waals surface area contributed by atoms with Gasteiger partial charge >= 0.3 is 0 Å². The first-order valence-corrected chi connectivity index (χ1v) is 5.40. The summed E-state index contributed by atoms with van der Waals surface area (Å²) in [7, 11) is 0. The highest BCUT2D eigenvalue weighted by atomic mass is 19.1. The third kappa shape index (κ3) is 1.42. The zero-order chi connectivity index (χ0) is 10.4. The van der Waals surface area contributed by atoms with E-state index >= 15 is 0 Å². The van der Waals surface area contributed by atoms with Crippen LogP contribution in [-0.4, -0.2) is 9.97 Å². The number of nitrogens with zero attached hydrogens (tertiary/aromatic N) is 1. The zero-order valence-electron chi connectivity index (χ0n) is 8.63. The number of imidazole rings is 1. The molecule has 1 atom stereocenters. The summed E-state index contributed by atoms with van der Waals surface area (Å²) in [5.41, 5.74) is 1.28. The number of nitrogens with one attached hydrogen (secondary N) is 1. The van der Waals surface area contributed by atoms with Gasteiger partial charge < -0.3 is 4.98 Å². The molecule has 3 rings (SSSR count). The number of halogens is 1. The maximum absolute atomic E-state index is 13.4. The first-order valence-electron chi connectivity index (χ1n) is 5.40. The average molecular weight is 204 g/mol. The molecule has 1 fully saturated rings. The van der Waals surface area contributed by atoms with Gasteiger partial charge in [-0.25, -0.2) is 9.37 Å². The first-order chi connectivity index (χ1) is 7.25. The summed E-state index contributed by atoms with van der Waals surface area (Å²) in [6.45, 7) is 2.16. The Morgan fingerprint density at radius 3 is 2.93 bits per heavy atom. The summed E-state index contributed by atoms with van der Waals surface area (Å²) in [5, 5.41) is 0. The van der Waals surface area contributed by atoms with E-state index in [1.807, 2.05) is 6.07 Å². The van der Waals surface area contributed by atoms with Crippen LogP contribution >= 0.6 is 0 Å². The molecule has 2 aromatic rings. The Hall–Kier alpha value is -1.38. The van der Waals surface area contributed by atoms with Crippen molar-refractivity contribution in [2.45, 2.75) is 25.7 Å². The molecule has 2 nitrogen and oxygen atoms in total. The van der Waals surface area contributed by atoms with E-state index < -0.39 is 0 Å². The molecule has 1 aromatic carbocycles. The second kappa shape index (κ2) is 3.05. The van der Waals surface area contributed by atoms with Gasteiger partial charge in [-0.15, -0.1) is 0 Å². The van der Waals surface area contributed by atoms with E-state index in [2.05, 4.69) is 16.9 Å². The molecule has 3 heteroatoms. The fraction of sp³-hybridized carbons (Fsp3) is 0.417. The van der Waals surface area contributed by atoms with Crippen LogP contribution in [0.3, 0.4) is 0 Å². The van der Waals surface area contributed by atoms with E-state index in [1.54, 1.807) is 6.07 Å². The molecule has 15 heavy (non-hydrogen) atoms. The molecule has 0 saturated heterocycles. The molecule has 1 aromatic heterocycles. The van der Waals surface area contributed by atoms with Gasteiger partial charge in [0.1, 0.15) is 11.3 Å². The molecule has 0 radical (unpaired) electrons. The quantitative estimate of drug-likeness (QED) is 0.799. The van der Waals surface area contributed by atoms with Crippen molar-refractivity contribution in [3.8, 4) is 0 Å². The molecule has 1 heterocycles. The second-order valence-corrected chi connectivity index (χ2v) is 4.38. The Balaban J connectivity index is 2.09. The number of H-pyrrole nitrogens is 1.